The number of fused-ring (bicyclic) bond motifs is 6. The summed E-state index contributed by atoms with van der Waals surface area (Å²) in [7, 11) is 0. The Balaban J connectivity index is 0.000000285. The molecule has 0 fully saturated rings. The normalized spacial score (nSPS) is 11.6. The number of aromatic nitrogens is 3. The SMILES string of the molecule is CC(=[OH+])C=C(C)O.CC(=[OH+])C=C(C)O.CC(=[OH+])C=C(C)O.CC1(C)c2ccccc2-c2c[c-]c(-c3ccc4ccccc4n3)cc21.CCc1c[c-]c(-c2nccc3ccccc23)cc1.Cc1[c-]c(-c2ccc3ccccc3n2)cc(C)c1.[Ir].[Ir].[Ir]. The number of benzene rings is 7. The minimum Gasteiger partial charge on any atom is -0.512 e. The Bertz CT molecular complexity index is 3880. The van der Waals surface area contributed by atoms with E-state index >= 15 is 0 Å². The van der Waals surface area contributed by atoms with Gasteiger partial charge in [-0.25, -0.2) is 0 Å². The molecular formula is C73H73Ir3N3O6. The third kappa shape index (κ3) is 21.1. The summed E-state index contributed by atoms with van der Waals surface area (Å²) in [6.45, 7) is 19.9. The molecule has 0 spiro atoms. The van der Waals surface area contributed by atoms with E-state index in [-0.39, 0.29) is 100 Å². The number of aliphatic hydroxyl groups is 3. The quantitative estimate of drug-likeness (QED) is 0.0622. The van der Waals surface area contributed by atoms with Gasteiger partial charge in [0, 0.05) is 66.5 Å². The maximum Gasteiger partial charge on any atom is 0.316 e. The van der Waals surface area contributed by atoms with Crippen molar-refractivity contribution in [1.29, 1.82) is 0 Å². The number of pyridine rings is 3. The van der Waals surface area contributed by atoms with Crippen LogP contribution >= 0.6 is 0 Å². The molecule has 3 heterocycles. The van der Waals surface area contributed by atoms with E-state index in [1.54, 1.807) is 0 Å². The smallest absolute Gasteiger partial charge is 0.316 e. The van der Waals surface area contributed by atoms with Crippen LogP contribution in [0.15, 0.2) is 212 Å². The van der Waals surface area contributed by atoms with Gasteiger partial charge in [0.15, 0.2) is 0 Å². The van der Waals surface area contributed by atoms with Gasteiger partial charge in [-0.15, -0.1) is 99.6 Å². The Morgan fingerprint density at radius 3 is 1.49 bits per heavy atom. The number of carbonyl (C=O) groups excluding carboxylic acids is 3. The molecule has 7 aromatic carbocycles. The summed E-state index contributed by atoms with van der Waals surface area (Å²) in [5, 5.41) is 29.9. The fraction of sp³-hybridized carbons (Fsp3) is 0.178. The summed E-state index contributed by atoms with van der Waals surface area (Å²) in [6.07, 6.45) is 6.74. The number of aliphatic hydroxyl groups excluding tert-OH is 3. The number of allylic oxidation sites excluding steroid dienone is 6. The second-order valence-electron chi connectivity index (χ2n) is 20.5. The maximum atomic E-state index is 8.40. The van der Waals surface area contributed by atoms with E-state index in [0.29, 0.717) is 0 Å². The molecule has 0 bridgehead atoms. The van der Waals surface area contributed by atoms with Gasteiger partial charge in [0.1, 0.15) is 0 Å². The number of ketones is 3. The fourth-order valence-electron chi connectivity index (χ4n) is 9.32. The second kappa shape index (κ2) is 34.3. The molecular weight excluding hydrogens is 1590 g/mol. The maximum absolute atomic E-state index is 8.40. The number of hydrogen-bond donors (Lipinski definition) is 3. The average molecular weight is 1670 g/mol. The molecule has 6 N–H and O–H groups in total. The van der Waals surface area contributed by atoms with Crippen LogP contribution in [0, 0.1) is 32.0 Å². The van der Waals surface area contributed by atoms with E-state index in [9.17, 15) is 0 Å². The van der Waals surface area contributed by atoms with Crippen LogP contribution < -0.4 is 0 Å². The summed E-state index contributed by atoms with van der Waals surface area (Å²) >= 11 is 0. The Morgan fingerprint density at radius 1 is 0.506 bits per heavy atom. The molecule has 0 unspecified atom stereocenters. The summed E-state index contributed by atoms with van der Waals surface area (Å²) in [5.74, 6) is 0.750. The predicted molar refractivity (Wildman–Crippen MR) is 341 cm³/mol. The van der Waals surface area contributed by atoms with Gasteiger partial charge in [-0.05, 0) is 88.6 Å². The summed E-state index contributed by atoms with van der Waals surface area (Å²) in [6, 6.07) is 69.0. The number of para-hydroxylation sites is 2. The van der Waals surface area contributed by atoms with E-state index in [1.165, 1.54) is 115 Å². The molecule has 10 aromatic rings. The number of rotatable bonds is 7. The topological polar surface area (TPSA) is 164 Å². The molecule has 0 amide bonds. The van der Waals surface area contributed by atoms with Crippen molar-refractivity contribution in [3.05, 3.63) is 258 Å². The van der Waals surface area contributed by atoms with Crippen molar-refractivity contribution in [1.82, 2.24) is 15.0 Å². The molecule has 0 aliphatic heterocycles. The standard InChI is InChI=1S/C24H18N.2C17H14N.3C5H8O2.3Ir/c1-24(2)20-9-5-4-8-18(20)19-13-11-17(15-21(19)24)23-14-12-16-7-3-6-10-22(16)25-23;1-12-9-13(2)11-15(10-12)17-8-7-14-5-3-4-6-16(14)18-17;1-2-13-7-9-15(10-8-13)17-16-6-4-3-5-14(16)11-12-18-17;3*1-4(6)3-5(2)7;;;/h3-10,12-15H,1-2H3;3-10H,1-2H3;3-9,11-12H,2H2,1H3;3*3,6H,1-2H3;;;/q3*-1;;;;;;/p+3. The molecule has 85 heavy (non-hydrogen) atoms. The van der Waals surface area contributed by atoms with Gasteiger partial charge in [0.05, 0.1) is 67.3 Å². The second-order valence-corrected chi connectivity index (χ2v) is 20.5. The van der Waals surface area contributed by atoms with Crippen LogP contribution in [0.3, 0.4) is 0 Å². The molecule has 3 radical (unpaired) electrons. The van der Waals surface area contributed by atoms with E-state index < -0.39 is 0 Å². The monoisotopic (exact) mass is 1670 g/mol. The number of aryl methyl sites for hydroxylation is 3. The Hall–Kier alpha value is -7.65. The van der Waals surface area contributed by atoms with Crippen LogP contribution in [0.25, 0.3) is 77.5 Å². The van der Waals surface area contributed by atoms with Gasteiger partial charge >= 0.3 is 17.3 Å². The summed E-state index contributed by atoms with van der Waals surface area (Å²) < 4.78 is 0. The fourth-order valence-corrected chi connectivity index (χ4v) is 9.32. The number of nitrogens with zero attached hydrogens (tertiary/aromatic N) is 3. The average Bonchev–Trinajstić information content (AvgIpc) is 2.71. The first-order valence-corrected chi connectivity index (χ1v) is 27.1. The molecule has 3 aromatic heterocycles. The third-order valence-electron chi connectivity index (χ3n) is 12.9. The first kappa shape index (κ1) is 71.6. The van der Waals surface area contributed by atoms with Crippen molar-refractivity contribution in [2.45, 2.75) is 88.0 Å². The molecule has 0 atom stereocenters. The predicted octanol–water partition coefficient (Wildman–Crippen LogP) is 17.6. The molecule has 443 valence electrons. The molecule has 1 aliphatic rings. The third-order valence-corrected chi connectivity index (χ3v) is 12.9. The van der Waals surface area contributed by atoms with E-state index in [1.807, 2.05) is 48.7 Å². The van der Waals surface area contributed by atoms with Crippen molar-refractivity contribution in [2.75, 3.05) is 0 Å². The van der Waals surface area contributed by atoms with Crippen molar-refractivity contribution >= 4 is 49.9 Å². The summed E-state index contributed by atoms with van der Waals surface area (Å²) in [4.78, 5) is 39.2. The Labute approximate surface area is 541 Å². The van der Waals surface area contributed by atoms with E-state index in [4.69, 9.17) is 39.7 Å². The van der Waals surface area contributed by atoms with Crippen molar-refractivity contribution in [3.8, 4) is 44.9 Å². The van der Waals surface area contributed by atoms with Crippen LogP contribution in [0.5, 0.6) is 0 Å². The van der Waals surface area contributed by atoms with Gasteiger partial charge < -0.3 is 20.3 Å². The Kier molecular flexibility index (Phi) is 28.9. The van der Waals surface area contributed by atoms with Crippen LogP contribution in [0.1, 0.15) is 90.1 Å². The number of hydrogen-bond acceptors (Lipinski definition) is 6. The van der Waals surface area contributed by atoms with Crippen molar-refractivity contribution in [2.24, 2.45) is 0 Å². The van der Waals surface area contributed by atoms with E-state index in [0.717, 1.165) is 56.8 Å². The minimum absolute atomic E-state index is 0. The van der Waals surface area contributed by atoms with Gasteiger partial charge in [0.2, 0.25) is 0 Å². The molecule has 1 aliphatic carbocycles. The van der Waals surface area contributed by atoms with Gasteiger partial charge in [-0.1, -0.05) is 161 Å². The van der Waals surface area contributed by atoms with Crippen LogP contribution in [0.4, 0.5) is 0 Å². The van der Waals surface area contributed by atoms with Crippen LogP contribution in [0.2, 0.25) is 0 Å². The zero-order valence-electron chi connectivity index (χ0n) is 49.7. The van der Waals surface area contributed by atoms with Gasteiger partial charge in [0.25, 0.3) is 0 Å². The largest absolute Gasteiger partial charge is 0.512 e. The van der Waals surface area contributed by atoms with Crippen LogP contribution in [-0.2, 0) is 72.2 Å². The first-order valence-electron chi connectivity index (χ1n) is 27.1. The molecule has 12 heteroatoms. The molecule has 0 saturated heterocycles. The van der Waals surface area contributed by atoms with Gasteiger partial charge in [-0.2, -0.15) is 0 Å². The van der Waals surface area contributed by atoms with Crippen LogP contribution in [-0.4, -0.2) is 62.0 Å². The van der Waals surface area contributed by atoms with Crippen molar-refractivity contribution in [3.63, 3.8) is 0 Å². The zero-order valence-corrected chi connectivity index (χ0v) is 56.9. The Morgan fingerprint density at radius 2 is 1.00 bits per heavy atom. The van der Waals surface area contributed by atoms with Gasteiger partial charge in [-0.3, -0.25) is 24.4 Å². The molecule has 0 saturated carbocycles. The molecule has 9 nitrogen and oxygen atoms in total. The molecule has 11 rings (SSSR count). The minimum atomic E-state index is 0. The van der Waals surface area contributed by atoms with E-state index in [2.05, 4.69) is 185 Å². The first-order chi connectivity index (χ1) is 39.1. The van der Waals surface area contributed by atoms with Crippen molar-refractivity contribution < 1.29 is 90.0 Å². The zero-order chi connectivity index (χ0) is 59.5. The summed E-state index contributed by atoms with van der Waals surface area (Å²) in [5.41, 5.74) is 17.3.